The van der Waals surface area contributed by atoms with Crippen LogP contribution in [-0.2, 0) is 6.42 Å². The van der Waals surface area contributed by atoms with Gasteiger partial charge in [0.2, 0.25) is 5.16 Å². The van der Waals surface area contributed by atoms with Crippen molar-refractivity contribution in [2.75, 3.05) is 12.0 Å². The lowest BCUT2D eigenvalue weighted by atomic mass is 10.0. The maximum atomic E-state index is 11.3. The number of hydrogen-bond acceptors (Lipinski definition) is 7. The molecule has 1 aromatic heterocycles. The highest BCUT2D eigenvalue weighted by atomic mass is 32.2. The van der Waals surface area contributed by atoms with E-state index in [-0.39, 0.29) is 6.03 Å². The molecule has 0 radical (unpaired) electrons. The number of nitrogens with zero attached hydrogens (tertiary/aromatic N) is 4. The second-order valence-corrected chi connectivity index (χ2v) is 7.22. The highest BCUT2D eigenvalue weighted by Crippen LogP contribution is 2.33. The Kier molecular flexibility index (Phi) is 4.79. The van der Waals surface area contributed by atoms with E-state index in [0.717, 1.165) is 31.4 Å². The van der Waals surface area contributed by atoms with E-state index in [1.165, 1.54) is 11.8 Å². The fourth-order valence-electron chi connectivity index (χ4n) is 2.69. The molecule has 2 amide bonds. The fraction of sp³-hybridized carbons (Fsp3) is 0.750. The number of thioether (sulfide) groups is 2. The summed E-state index contributed by atoms with van der Waals surface area (Å²) in [6, 6.07) is 0.584. The lowest BCUT2D eigenvalue weighted by Crippen LogP contribution is -2.36. The van der Waals surface area contributed by atoms with Gasteiger partial charge in [-0.05, 0) is 19.1 Å². The summed E-state index contributed by atoms with van der Waals surface area (Å²) in [5.74, 6) is 1.72. The number of unbranched alkanes of at least 4 members (excludes halogenated alkanes) is 1. The van der Waals surface area contributed by atoms with Gasteiger partial charge in [-0.1, -0.05) is 18.2 Å². The fourth-order valence-corrected chi connectivity index (χ4v) is 4.48. The topological polar surface area (TPSA) is 92.7 Å². The number of fused-ring (bicyclic) bond motifs is 1. The molecular formula is C12H18N6OS2. The number of aromatic nitrogens is 4. The lowest BCUT2D eigenvalue weighted by Gasteiger charge is -2.16. The maximum absolute atomic E-state index is 11.3. The Balaban J connectivity index is 1.39. The number of carbonyl (C=O) groups is 1. The Morgan fingerprint density at radius 3 is 2.81 bits per heavy atom. The van der Waals surface area contributed by atoms with Gasteiger partial charge in [0.25, 0.3) is 0 Å². The minimum Gasteiger partial charge on any atom is -0.332 e. The van der Waals surface area contributed by atoms with Gasteiger partial charge < -0.3 is 10.6 Å². The van der Waals surface area contributed by atoms with Crippen LogP contribution in [0.25, 0.3) is 0 Å². The van der Waals surface area contributed by atoms with Gasteiger partial charge in [0.1, 0.15) is 0 Å². The highest BCUT2D eigenvalue weighted by molar-refractivity contribution is 8.00. The zero-order valence-electron chi connectivity index (χ0n) is 11.8. The van der Waals surface area contributed by atoms with Crippen LogP contribution in [0.15, 0.2) is 5.16 Å². The largest absolute Gasteiger partial charge is 0.332 e. The van der Waals surface area contributed by atoms with Crippen molar-refractivity contribution in [2.45, 2.75) is 48.2 Å². The molecule has 3 rings (SSSR count). The molecule has 114 valence electrons. The predicted octanol–water partition coefficient (Wildman–Crippen LogP) is 0.867. The molecule has 2 aliphatic heterocycles. The summed E-state index contributed by atoms with van der Waals surface area (Å²) in [5.41, 5.74) is 0. The molecule has 2 aliphatic rings. The van der Waals surface area contributed by atoms with Crippen LogP contribution in [0.3, 0.4) is 0 Å². The molecule has 21 heavy (non-hydrogen) atoms. The van der Waals surface area contributed by atoms with Crippen molar-refractivity contribution in [1.29, 1.82) is 0 Å². The lowest BCUT2D eigenvalue weighted by molar-refractivity contribution is 0.247. The summed E-state index contributed by atoms with van der Waals surface area (Å²) in [5, 5.41) is 23.2. The molecule has 0 spiro atoms. The third-order valence-electron chi connectivity index (χ3n) is 3.76. The first kappa shape index (κ1) is 14.8. The number of carbonyl (C=O) groups excluding carboxylic acids is 1. The van der Waals surface area contributed by atoms with Crippen molar-refractivity contribution in [2.24, 2.45) is 0 Å². The summed E-state index contributed by atoms with van der Waals surface area (Å²) < 4.78 is 0. The van der Waals surface area contributed by atoms with E-state index in [9.17, 15) is 4.79 Å². The first-order valence-electron chi connectivity index (χ1n) is 7.05. The van der Waals surface area contributed by atoms with Gasteiger partial charge in [0, 0.05) is 17.4 Å². The van der Waals surface area contributed by atoms with E-state index in [0.29, 0.717) is 28.3 Å². The molecule has 0 aliphatic carbocycles. The molecule has 2 N–H and O–H groups in total. The Morgan fingerprint density at radius 1 is 1.24 bits per heavy atom. The second-order valence-electron chi connectivity index (χ2n) is 5.17. The normalized spacial score (nSPS) is 27.3. The molecule has 1 unspecified atom stereocenters. The van der Waals surface area contributed by atoms with Crippen LogP contribution in [0.5, 0.6) is 0 Å². The van der Waals surface area contributed by atoms with Gasteiger partial charge in [0.15, 0.2) is 5.82 Å². The average molecular weight is 326 g/mol. The van der Waals surface area contributed by atoms with Gasteiger partial charge in [0.05, 0.1) is 12.1 Å². The Hall–Kier alpha value is -1.09. The maximum Gasteiger partial charge on any atom is 0.315 e. The first-order valence-corrected chi connectivity index (χ1v) is 9.32. The molecule has 0 aromatic carbocycles. The zero-order chi connectivity index (χ0) is 14.7. The monoisotopic (exact) mass is 326 g/mol. The quantitative estimate of drug-likeness (QED) is 0.455. The molecule has 9 heteroatoms. The van der Waals surface area contributed by atoms with E-state index in [4.69, 9.17) is 0 Å². The number of aryl methyl sites for hydroxylation is 1. The zero-order valence-corrected chi connectivity index (χ0v) is 13.4. The van der Waals surface area contributed by atoms with E-state index < -0.39 is 0 Å². The summed E-state index contributed by atoms with van der Waals surface area (Å²) >= 11 is 3.39. The summed E-state index contributed by atoms with van der Waals surface area (Å²) in [6.45, 7) is 0. The number of hydrogen-bond donors (Lipinski definition) is 2. The average Bonchev–Trinajstić information content (AvgIpc) is 3.04. The number of rotatable bonds is 6. The van der Waals surface area contributed by atoms with Crippen LogP contribution in [0.1, 0.15) is 25.1 Å². The van der Waals surface area contributed by atoms with E-state index in [2.05, 4.69) is 31.0 Å². The van der Waals surface area contributed by atoms with Gasteiger partial charge in [-0.15, -0.1) is 20.4 Å². The van der Waals surface area contributed by atoms with Crippen molar-refractivity contribution >= 4 is 29.6 Å². The van der Waals surface area contributed by atoms with Crippen LogP contribution in [0, 0.1) is 0 Å². The molecule has 2 saturated heterocycles. The third-order valence-corrected chi connectivity index (χ3v) is 5.80. The molecule has 3 atom stereocenters. The van der Waals surface area contributed by atoms with Gasteiger partial charge in [-0.2, -0.15) is 11.8 Å². The van der Waals surface area contributed by atoms with Crippen LogP contribution in [0.2, 0.25) is 0 Å². The van der Waals surface area contributed by atoms with E-state index in [1.807, 2.05) is 18.0 Å². The summed E-state index contributed by atoms with van der Waals surface area (Å²) in [7, 11) is 0. The highest BCUT2D eigenvalue weighted by Gasteiger charge is 2.42. The SMILES string of the molecule is CSc1nnc(CCCCC2SC[C@@H]3NC(=O)N[C@H]23)nn1. The van der Waals surface area contributed by atoms with Gasteiger partial charge >= 0.3 is 6.03 Å². The standard InChI is InChI=1S/C12H18N6OS2/c1-20-12-17-15-9(16-18-12)5-3-2-4-8-10-7(6-21-8)13-11(19)14-10/h7-8,10H,2-6H2,1H3,(H2,13,14,19)/t7-,8?,10-/m0/s1. The minimum atomic E-state index is -0.0188. The Labute approximate surface area is 131 Å². The van der Waals surface area contributed by atoms with E-state index in [1.54, 1.807) is 0 Å². The van der Waals surface area contributed by atoms with Crippen molar-refractivity contribution in [1.82, 2.24) is 31.0 Å². The third kappa shape index (κ3) is 3.57. The Bertz CT molecular complexity index is 499. The Morgan fingerprint density at radius 2 is 2.05 bits per heavy atom. The number of amides is 2. The smallest absolute Gasteiger partial charge is 0.315 e. The molecule has 0 saturated carbocycles. The van der Waals surface area contributed by atoms with E-state index >= 15 is 0 Å². The molecule has 2 fully saturated rings. The van der Waals surface area contributed by atoms with Crippen molar-refractivity contribution < 1.29 is 4.79 Å². The molecule has 0 bridgehead atoms. The van der Waals surface area contributed by atoms with Crippen LogP contribution in [0.4, 0.5) is 4.79 Å². The summed E-state index contributed by atoms with van der Waals surface area (Å²) in [4.78, 5) is 11.3. The number of nitrogens with one attached hydrogen (secondary N) is 2. The molecule has 3 heterocycles. The first-order chi connectivity index (χ1) is 10.3. The summed E-state index contributed by atoms with van der Waals surface area (Å²) in [6.07, 6.45) is 5.95. The van der Waals surface area contributed by atoms with Gasteiger partial charge in [-0.3, -0.25) is 0 Å². The van der Waals surface area contributed by atoms with Gasteiger partial charge in [-0.25, -0.2) is 4.79 Å². The van der Waals surface area contributed by atoms with Crippen LogP contribution < -0.4 is 10.6 Å². The second kappa shape index (κ2) is 6.78. The molecule has 7 nitrogen and oxygen atoms in total. The van der Waals surface area contributed by atoms with Crippen molar-refractivity contribution in [3.63, 3.8) is 0 Å². The molecular weight excluding hydrogens is 308 g/mol. The van der Waals surface area contributed by atoms with Crippen molar-refractivity contribution in [3.8, 4) is 0 Å². The minimum absolute atomic E-state index is 0.0188. The van der Waals surface area contributed by atoms with Crippen LogP contribution >= 0.6 is 23.5 Å². The predicted molar refractivity (Wildman–Crippen MR) is 82.4 cm³/mol. The van der Waals surface area contributed by atoms with Crippen molar-refractivity contribution in [3.05, 3.63) is 5.82 Å². The molecule has 1 aromatic rings. The number of urea groups is 1. The van der Waals surface area contributed by atoms with Crippen LogP contribution in [-0.4, -0.2) is 55.8 Å².